The lowest BCUT2D eigenvalue weighted by Crippen LogP contribution is -2.39. The lowest BCUT2D eigenvalue weighted by atomic mass is 9.99. The van der Waals surface area contributed by atoms with E-state index in [4.69, 9.17) is 5.11 Å². The topological polar surface area (TPSA) is 66.4 Å². The van der Waals surface area contributed by atoms with Gasteiger partial charge in [-0.1, -0.05) is 25.1 Å². The van der Waals surface area contributed by atoms with E-state index in [-0.39, 0.29) is 24.3 Å². The summed E-state index contributed by atoms with van der Waals surface area (Å²) in [6.45, 7) is 1.88. The number of hydrogen-bond donors (Lipinski definition) is 2. The smallest absolute Gasteiger partial charge is 0.305 e. The van der Waals surface area contributed by atoms with E-state index in [1.165, 1.54) is 0 Å². The first kappa shape index (κ1) is 13.9. The van der Waals surface area contributed by atoms with Crippen molar-refractivity contribution in [2.75, 3.05) is 5.75 Å². The summed E-state index contributed by atoms with van der Waals surface area (Å²) in [5.74, 6) is -0.378. The molecule has 0 fully saturated rings. The third kappa shape index (κ3) is 3.29. The summed E-state index contributed by atoms with van der Waals surface area (Å²) in [6, 6.07) is 7.59. The van der Waals surface area contributed by atoms with Crippen LogP contribution < -0.4 is 5.32 Å². The molecule has 0 saturated carbocycles. The molecule has 1 aliphatic rings. The molecular weight excluding hydrogens is 262 g/mol. The van der Waals surface area contributed by atoms with E-state index in [2.05, 4.69) is 5.32 Å². The number of thioether (sulfide) groups is 1. The monoisotopic (exact) mass is 279 g/mol. The van der Waals surface area contributed by atoms with Crippen LogP contribution in [0.25, 0.3) is 0 Å². The van der Waals surface area contributed by atoms with Crippen molar-refractivity contribution in [3.05, 3.63) is 29.8 Å². The molecule has 2 atom stereocenters. The Kier molecular flexibility index (Phi) is 4.47. The molecule has 1 heterocycles. The fraction of sp³-hybridized carbons (Fsp3) is 0.429. The van der Waals surface area contributed by atoms with Gasteiger partial charge >= 0.3 is 5.97 Å². The molecule has 1 aromatic carbocycles. The van der Waals surface area contributed by atoms with Gasteiger partial charge in [-0.05, 0) is 18.1 Å². The Morgan fingerprint density at radius 3 is 2.89 bits per heavy atom. The van der Waals surface area contributed by atoms with Crippen molar-refractivity contribution >= 4 is 23.6 Å². The van der Waals surface area contributed by atoms with Crippen LogP contribution in [0.4, 0.5) is 0 Å². The van der Waals surface area contributed by atoms with Crippen LogP contribution in [0, 0.1) is 0 Å². The molecule has 2 N–H and O–H groups in total. The van der Waals surface area contributed by atoms with Crippen LogP contribution in [0.5, 0.6) is 0 Å². The molecular formula is C14H17NO3S. The van der Waals surface area contributed by atoms with Crippen molar-refractivity contribution in [3.8, 4) is 0 Å². The summed E-state index contributed by atoms with van der Waals surface area (Å²) in [4.78, 5) is 24.1. The molecule has 2 unspecified atom stereocenters. The summed E-state index contributed by atoms with van der Waals surface area (Å²) in [7, 11) is 0. The van der Waals surface area contributed by atoms with Crippen molar-refractivity contribution in [3.63, 3.8) is 0 Å². The summed E-state index contributed by atoms with van der Waals surface area (Å²) < 4.78 is 0. The second-order valence-electron chi connectivity index (χ2n) is 4.61. The Labute approximate surface area is 116 Å². The van der Waals surface area contributed by atoms with Gasteiger partial charge in [-0.15, -0.1) is 11.8 Å². The lowest BCUT2D eigenvalue weighted by molar-refractivity contribution is -0.137. The zero-order valence-corrected chi connectivity index (χ0v) is 11.6. The van der Waals surface area contributed by atoms with Crippen LogP contribution in [-0.4, -0.2) is 28.8 Å². The largest absolute Gasteiger partial charge is 0.481 e. The van der Waals surface area contributed by atoms with Gasteiger partial charge in [-0.2, -0.15) is 0 Å². The second-order valence-corrected chi connectivity index (χ2v) is 5.67. The van der Waals surface area contributed by atoms with Crippen LogP contribution in [0.2, 0.25) is 0 Å². The lowest BCUT2D eigenvalue weighted by Gasteiger charge is -2.18. The average Bonchev–Trinajstić information content (AvgIpc) is 2.81. The normalized spacial score (nSPS) is 18.7. The predicted molar refractivity (Wildman–Crippen MR) is 74.4 cm³/mol. The fourth-order valence-electron chi connectivity index (χ4n) is 2.19. The van der Waals surface area contributed by atoms with Gasteiger partial charge in [0.2, 0.25) is 5.91 Å². The minimum absolute atomic E-state index is 0.0241. The summed E-state index contributed by atoms with van der Waals surface area (Å²) in [5, 5.41) is 11.6. The Bertz CT molecular complexity index is 489. The molecule has 4 nitrogen and oxygen atoms in total. The molecule has 0 saturated heterocycles. The number of fused-ring (bicyclic) bond motifs is 1. The number of benzene rings is 1. The van der Waals surface area contributed by atoms with Crippen LogP contribution in [0.3, 0.4) is 0 Å². The first-order chi connectivity index (χ1) is 9.11. The van der Waals surface area contributed by atoms with Crippen molar-refractivity contribution in [1.82, 2.24) is 5.32 Å². The highest BCUT2D eigenvalue weighted by molar-refractivity contribution is 7.99. The van der Waals surface area contributed by atoms with Crippen LogP contribution >= 0.6 is 11.8 Å². The zero-order chi connectivity index (χ0) is 13.8. The highest BCUT2D eigenvalue weighted by Crippen LogP contribution is 2.39. The number of aliphatic carboxylic acids is 1. The molecule has 2 rings (SSSR count). The average molecular weight is 279 g/mol. The molecule has 0 aliphatic carbocycles. The van der Waals surface area contributed by atoms with Gasteiger partial charge in [0.25, 0.3) is 0 Å². The molecule has 1 aromatic rings. The minimum atomic E-state index is -0.881. The summed E-state index contributed by atoms with van der Waals surface area (Å²) in [5.41, 5.74) is 1.05. The molecule has 102 valence electrons. The minimum Gasteiger partial charge on any atom is -0.481 e. The maximum absolute atomic E-state index is 12.2. The number of nitrogens with one attached hydrogen (secondary N) is 1. The van der Waals surface area contributed by atoms with Gasteiger partial charge < -0.3 is 10.4 Å². The second kappa shape index (κ2) is 6.10. The summed E-state index contributed by atoms with van der Waals surface area (Å²) >= 11 is 1.68. The Morgan fingerprint density at radius 1 is 1.47 bits per heavy atom. The number of carboxylic acids is 1. The highest BCUT2D eigenvalue weighted by Gasteiger charge is 2.30. The SMILES string of the molecule is CCC(CC(=O)O)NC(=O)C1CSc2ccccc21. The van der Waals surface area contributed by atoms with Gasteiger partial charge in [0.15, 0.2) is 0 Å². The van der Waals surface area contributed by atoms with Crippen molar-refractivity contribution in [1.29, 1.82) is 0 Å². The van der Waals surface area contributed by atoms with Crippen LogP contribution in [-0.2, 0) is 9.59 Å². The quantitative estimate of drug-likeness (QED) is 0.867. The van der Waals surface area contributed by atoms with E-state index in [1.807, 2.05) is 31.2 Å². The van der Waals surface area contributed by atoms with E-state index in [0.717, 1.165) is 16.2 Å². The molecule has 19 heavy (non-hydrogen) atoms. The van der Waals surface area contributed by atoms with Gasteiger partial charge in [-0.25, -0.2) is 0 Å². The van der Waals surface area contributed by atoms with Gasteiger partial charge in [0.05, 0.1) is 12.3 Å². The fourth-order valence-corrected chi connectivity index (χ4v) is 3.42. The number of carbonyl (C=O) groups excluding carboxylic acids is 1. The zero-order valence-electron chi connectivity index (χ0n) is 10.8. The van der Waals surface area contributed by atoms with E-state index in [0.29, 0.717) is 6.42 Å². The third-order valence-corrected chi connectivity index (χ3v) is 4.46. The molecule has 0 bridgehead atoms. The molecule has 1 amide bonds. The van der Waals surface area contributed by atoms with Gasteiger partial charge in [0.1, 0.15) is 0 Å². The number of amides is 1. The number of carboxylic acid groups (broad SMARTS) is 1. The van der Waals surface area contributed by atoms with E-state index in [1.54, 1.807) is 11.8 Å². The van der Waals surface area contributed by atoms with E-state index >= 15 is 0 Å². The van der Waals surface area contributed by atoms with Gasteiger partial charge in [-0.3, -0.25) is 9.59 Å². The van der Waals surface area contributed by atoms with Crippen molar-refractivity contribution in [2.45, 2.75) is 36.6 Å². The Morgan fingerprint density at radius 2 is 2.21 bits per heavy atom. The standard InChI is InChI=1S/C14H17NO3S/c1-2-9(7-13(16)17)15-14(18)11-8-19-12-6-4-3-5-10(11)12/h3-6,9,11H,2,7-8H2,1H3,(H,15,18)(H,16,17). The van der Waals surface area contributed by atoms with Crippen molar-refractivity contribution < 1.29 is 14.7 Å². The van der Waals surface area contributed by atoms with Crippen LogP contribution in [0.15, 0.2) is 29.2 Å². The first-order valence-corrected chi connectivity index (χ1v) is 7.34. The highest BCUT2D eigenvalue weighted by atomic mass is 32.2. The van der Waals surface area contributed by atoms with Crippen molar-refractivity contribution in [2.24, 2.45) is 0 Å². The maximum Gasteiger partial charge on any atom is 0.305 e. The first-order valence-electron chi connectivity index (χ1n) is 6.35. The number of rotatable bonds is 5. The van der Waals surface area contributed by atoms with E-state index in [9.17, 15) is 9.59 Å². The molecule has 0 radical (unpaired) electrons. The maximum atomic E-state index is 12.2. The summed E-state index contributed by atoms with van der Waals surface area (Å²) in [6.07, 6.45) is 0.600. The molecule has 5 heteroatoms. The number of hydrogen-bond acceptors (Lipinski definition) is 3. The molecule has 0 aromatic heterocycles. The predicted octanol–water partition coefficient (Wildman–Crippen LogP) is 2.25. The Balaban J connectivity index is 2.03. The number of carbonyl (C=O) groups is 2. The Hall–Kier alpha value is -1.49. The van der Waals surface area contributed by atoms with Gasteiger partial charge in [0, 0.05) is 16.7 Å². The van der Waals surface area contributed by atoms with E-state index < -0.39 is 5.97 Å². The molecule has 0 spiro atoms. The molecule has 1 aliphatic heterocycles. The third-order valence-electron chi connectivity index (χ3n) is 3.28. The van der Waals surface area contributed by atoms with Crippen LogP contribution in [0.1, 0.15) is 31.2 Å².